The predicted molar refractivity (Wildman–Crippen MR) is 75.5 cm³/mol. The molecule has 112 valence electrons. The first-order chi connectivity index (χ1) is 9.56. The van der Waals surface area contributed by atoms with Gasteiger partial charge in [0, 0.05) is 6.54 Å². The van der Waals surface area contributed by atoms with Crippen LogP contribution in [0.15, 0.2) is 12.1 Å². The summed E-state index contributed by atoms with van der Waals surface area (Å²) in [5.74, 6) is -1.09. The van der Waals surface area contributed by atoms with E-state index in [1.165, 1.54) is 37.8 Å². The molecule has 4 heteroatoms. The van der Waals surface area contributed by atoms with Crippen LogP contribution in [0.1, 0.15) is 44.6 Å². The van der Waals surface area contributed by atoms with Crippen molar-refractivity contribution in [3.05, 3.63) is 29.3 Å². The van der Waals surface area contributed by atoms with Crippen molar-refractivity contribution in [2.24, 2.45) is 11.8 Å². The van der Waals surface area contributed by atoms with Crippen LogP contribution in [0.4, 0.5) is 8.78 Å². The van der Waals surface area contributed by atoms with Crippen molar-refractivity contribution in [2.75, 3.05) is 6.54 Å². The second-order valence-electron chi connectivity index (χ2n) is 6.01. The molecule has 0 aliphatic heterocycles. The monoisotopic (exact) mass is 283 g/mol. The highest BCUT2D eigenvalue weighted by atomic mass is 19.1. The van der Waals surface area contributed by atoms with E-state index in [0.717, 1.165) is 24.8 Å². The molecule has 20 heavy (non-hydrogen) atoms. The van der Waals surface area contributed by atoms with Crippen molar-refractivity contribution in [3.63, 3.8) is 0 Å². The number of aromatic hydroxyl groups is 1. The van der Waals surface area contributed by atoms with E-state index in [0.29, 0.717) is 12.1 Å². The first-order valence-corrected chi connectivity index (χ1v) is 7.44. The summed E-state index contributed by atoms with van der Waals surface area (Å²) in [5.41, 5.74) is 0.523. The highest BCUT2D eigenvalue weighted by Crippen LogP contribution is 2.30. The average molecular weight is 283 g/mol. The summed E-state index contributed by atoms with van der Waals surface area (Å²) in [5, 5.41) is 12.2. The number of rotatable bonds is 5. The molecule has 1 saturated carbocycles. The summed E-state index contributed by atoms with van der Waals surface area (Å²) < 4.78 is 26.3. The largest absolute Gasteiger partial charge is 0.503 e. The number of phenolic OH excluding ortho intramolecular Hbond substituents is 1. The van der Waals surface area contributed by atoms with Crippen LogP contribution in [0.3, 0.4) is 0 Å². The SMILES string of the molecule is CC1CCCC(CCNCc2cc(F)c(O)c(F)c2)C1. The molecular weight excluding hydrogens is 260 g/mol. The number of halogens is 2. The van der Waals surface area contributed by atoms with Crippen molar-refractivity contribution >= 4 is 0 Å². The van der Waals surface area contributed by atoms with Crippen molar-refractivity contribution in [3.8, 4) is 5.75 Å². The Bertz CT molecular complexity index is 427. The van der Waals surface area contributed by atoms with E-state index < -0.39 is 17.4 Å². The number of benzene rings is 1. The quantitative estimate of drug-likeness (QED) is 0.801. The van der Waals surface area contributed by atoms with Gasteiger partial charge in [0.1, 0.15) is 0 Å². The fourth-order valence-electron chi connectivity index (χ4n) is 3.08. The standard InChI is InChI=1S/C16H23F2NO/c1-11-3-2-4-12(7-11)5-6-19-10-13-8-14(17)16(20)15(18)9-13/h8-9,11-12,19-20H,2-7,10H2,1H3. The van der Waals surface area contributed by atoms with E-state index in [2.05, 4.69) is 12.2 Å². The Morgan fingerprint density at radius 1 is 1.25 bits per heavy atom. The highest BCUT2D eigenvalue weighted by Gasteiger charge is 2.18. The lowest BCUT2D eigenvalue weighted by Crippen LogP contribution is -2.21. The minimum absolute atomic E-state index is 0.427. The van der Waals surface area contributed by atoms with Crippen LogP contribution in [0.25, 0.3) is 0 Å². The number of hydrogen-bond acceptors (Lipinski definition) is 2. The zero-order valence-corrected chi connectivity index (χ0v) is 12.0. The summed E-state index contributed by atoms with van der Waals surface area (Å²) in [7, 11) is 0. The van der Waals surface area contributed by atoms with Gasteiger partial charge < -0.3 is 10.4 Å². The van der Waals surface area contributed by atoms with Gasteiger partial charge in [-0.05, 0) is 48.9 Å². The molecule has 1 aliphatic rings. The summed E-state index contributed by atoms with van der Waals surface area (Å²) in [6.45, 7) is 3.60. The fraction of sp³-hybridized carbons (Fsp3) is 0.625. The van der Waals surface area contributed by atoms with Crippen LogP contribution in [0.2, 0.25) is 0 Å². The molecule has 1 aromatic carbocycles. The summed E-state index contributed by atoms with van der Waals surface area (Å²) in [6, 6.07) is 2.35. The van der Waals surface area contributed by atoms with Gasteiger partial charge in [-0.1, -0.05) is 26.2 Å². The normalized spacial score (nSPS) is 22.9. The van der Waals surface area contributed by atoms with Crippen molar-refractivity contribution in [1.82, 2.24) is 5.32 Å². The Hall–Kier alpha value is -1.16. The Kier molecular flexibility index (Phi) is 5.35. The summed E-state index contributed by atoms with van der Waals surface area (Å²) in [6.07, 6.45) is 6.38. The molecule has 1 aromatic rings. The van der Waals surface area contributed by atoms with Crippen LogP contribution >= 0.6 is 0 Å². The Morgan fingerprint density at radius 3 is 2.60 bits per heavy atom. The van der Waals surface area contributed by atoms with Gasteiger partial charge in [-0.15, -0.1) is 0 Å². The predicted octanol–water partition coefficient (Wildman–Crippen LogP) is 3.98. The lowest BCUT2D eigenvalue weighted by Gasteiger charge is -2.26. The smallest absolute Gasteiger partial charge is 0.187 e. The van der Waals surface area contributed by atoms with Crippen LogP contribution in [0.5, 0.6) is 5.75 Å². The van der Waals surface area contributed by atoms with Gasteiger partial charge in [-0.3, -0.25) is 0 Å². The zero-order chi connectivity index (χ0) is 14.5. The van der Waals surface area contributed by atoms with Gasteiger partial charge in [0.15, 0.2) is 17.4 Å². The van der Waals surface area contributed by atoms with E-state index in [1.807, 2.05) is 0 Å². The van der Waals surface area contributed by atoms with Gasteiger partial charge in [0.25, 0.3) is 0 Å². The third-order valence-corrected chi connectivity index (χ3v) is 4.18. The molecule has 2 rings (SSSR count). The van der Waals surface area contributed by atoms with E-state index in [4.69, 9.17) is 5.11 Å². The van der Waals surface area contributed by atoms with Crippen LogP contribution in [-0.2, 0) is 6.54 Å². The van der Waals surface area contributed by atoms with Crippen LogP contribution in [0, 0.1) is 23.5 Å². The van der Waals surface area contributed by atoms with Gasteiger partial charge in [0.2, 0.25) is 0 Å². The summed E-state index contributed by atoms with van der Waals surface area (Å²) in [4.78, 5) is 0. The number of phenols is 1. The fourth-order valence-corrected chi connectivity index (χ4v) is 3.08. The van der Waals surface area contributed by atoms with Gasteiger partial charge in [-0.2, -0.15) is 0 Å². The van der Waals surface area contributed by atoms with Gasteiger partial charge in [-0.25, -0.2) is 8.78 Å². The molecule has 0 amide bonds. The first-order valence-electron chi connectivity index (χ1n) is 7.44. The minimum atomic E-state index is -0.900. The minimum Gasteiger partial charge on any atom is -0.503 e. The first kappa shape index (κ1) is 15.2. The van der Waals surface area contributed by atoms with Crippen molar-refractivity contribution < 1.29 is 13.9 Å². The van der Waals surface area contributed by atoms with Crippen molar-refractivity contribution in [2.45, 2.75) is 45.6 Å². The Labute approximate surface area is 119 Å². The van der Waals surface area contributed by atoms with Crippen LogP contribution < -0.4 is 5.32 Å². The summed E-state index contributed by atoms with van der Waals surface area (Å²) >= 11 is 0. The maximum absolute atomic E-state index is 13.2. The molecule has 2 unspecified atom stereocenters. The topological polar surface area (TPSA) is 32.3 Å². The van der Waals surface area contributed by atoms with E-state index >= 15 is 0 Å². The molecule has 1 aliphatic carbocycles. The van der Waals surface area contributed by atoms with Crippen LogP contribution in [-0.4, -0.2) is 11.7 Å². The molecule has 2 N–H and O–H groups in total. The third-order valence-electron chi connectivity index (χ3n) is 4.18. The molecule has 0 aromatic heterocycles. The maximum Gasteiger partial charge on any atom is 0.187 e. The van der Waals surface area contributed by atoms with Gasteiger partial charge in [0.05, 0.1) is 0 Å². The second kappa shape index (κ2) is 7.02. The lowest BCUT2D eigenvalue weighted by molar-refractivity contribution is 0.267. The molecule has 0 spiro atoms. The molecule has 0 bridgehead atoms. The number of nitrogens with one attached hydrogen (secondary N) is 1. The molecular formula is C16H23F2NO. The lowest BCUT2D eigenvalue weighted by atomic mass is 9.81. The van der Waals surface area contributed by atoms with Gasteiger partial charge >= 0.3 is 0 Å². The van der Waals surface area contributed by atoms with E-state index in [9.17, 15) is 8.78 Å². The molecule has 2 atom stereocenters. The molecule has 0 heterocycles. The van der Waals surface area contributed by atoms with Crippen molar-refractivity contribution in [1.29, 1.82) is 0 Å². The molecule has 1 fully saturated rings. The third kappa shape index (κ3) is 4.17. The van der Waals surface area contributed by atoms with E-state index in [1.54, 1.807) is 0 Å². The Balaban J connectivity index is 1.73. The maximum atomic E-state index is 13.2. The zero-order valence-electron chi connectivity index (χ0n) is 12.0. The number of hydrogen-bond donors (Lipinski definition) is 2. The Morgan fingerprint density at radius 2 is 1.95 bits per heavy atom. The van der Waals surface area contributed by atoms with E-state index in [-0.39, 0.29) is 0 Å². The second-order valence-corrected chi connectivity index (χ2v) is 6.01. The average Bonchev–Trinajstić information content (AvgIpc) is 2.41. The molecule has 0 radical (unpaired) electrons. The molecule has 0 saturated heterocycles. The highest BCUT2D eigenvalue weighted by molar-refractivity contribution is 5.29. The molecule has 2 nitrogen and oxygen atoms in total.